The van der Waals surface area contributed by atoms with Gasteiger partial charge in [-0.15, -0.1) is 11.3 Å². The summed E-state index contributed by atoms with van der Waals surface area (Å²) in [6.07, 6.45) is 5.78. The average molecular weight is 316 g/mol. The maximum absolute atomic E-state index is 12.1. The first kappa shape index (κ1) is 15.0. The number of anilines is 1. The van der Waals surface area contributed by atoms with Crippen LogP contribution in [0, 0.1) is 12.8 Å². The molecule has 2 aromatic heterocycles. The SMILES string of the molecule is Cc1ccc(C(=O)NCC2CCCN(c3ncccn3)C2)s1. The second-order valence-corrected chi connectivity index (χ2v) is 6.91. The predicted molar refractivity (Wildman–Crippen MR) is 88.4 cm³/mol. The van der Waals surface area contributed by atoms with E-state index in [0.717, 1.165) is 41.6 Å². The topological polar surface area (TPSA) is 58.1 Å². The van der Waals surface area contributed by atoms with Gasteiger partial charge in [0.25, 0.3) is 5.91 Å². The molecule has 6 heteroatoms. The van der Waals surface area contributed by atoms with E-state index in [0.29, 0.717) is 12.5 Å². The first-order valence-electron chi connectivity index (χ1n) is 7.59. The Morgan fingerprint density at radius 1 is 1.41 bits per heavy atom. The third-order valence-corrected chi connectivity index (χ3v) is 4.87. The lowest BCUT2D eigenvalue weighted by Gasteiger charge is -2.32. The predicted octanol–water partition coefficient (Wildman–Crippen LogP) is 2.49. The Morgan fingerprint density at radius 3 is 2.95 bits per heavy atom. The molecule has 1 fully saturated rings. The molecule has 1 amide bonds. The van der Waals surface area contributed by atoms with Crippen molar-refractivity contribution in [3.8, 4) is 0 Å². The number of nitrogens with zero attached hydrogens (tertiary/aromatic N) is 3. The number of aromatic nitrogens is 2. The highest BCUT2D eigenvalue weighted by atomic mass is 32.1. The molecule has 3 rings (SSSR count). The molecule has 116 valence electrons. The Hall–Kier alpha value is -1.95. The van der Waals surface area contributed by atoms with Gasteiger partial charge in [0, 0.05) is 36.9 Å². The molecule has 5 nitrogen and oxygen atoms in total. The molecule has 3 heterocycles. The number of hydrogen-bond donors (Lipinski definition) is 1. The van der Waals surface area contributed by atoms with Crippen molar-refractivity contribution in [1.82, 2.24) is 15.3 Å². The normalized spacial score (nSPS) is 18.2. The summed E-state index contributed by atoms with van der Waals surface area (Å²) < 4.78 is 0. The van der Waals surface area contributed by atoms with Crippen molar-refractivity contribution in [1.29, 1.82) is 0 Å². The van der Waals surface area contributed by atoms with Gasteiger partial charge in [0.05, 0.1) is 4.88 Å². The van der Waals surface area contributed by atoms with Crippen molar-refractivity contribution >= 4 is 23.2 Å². The van der Waals surface area contributed by atoms with Crippen LogP contribution in [0.2, 0.25) is 0 Å². The van der Waals surface area contributed by atoms with Crippen LogP contribution in [-0.2, 0) is 0 Å². The minimum atomic E-state index is 0.0335. The summed E-state index contributed by atoms with van der Waals surface area (Å²) in [5.74, 6) is 1.26. The molecule has 1 atom stereocenters. The molecule has 1 saturated heterocycles. The number of thiophene rings is 1. The van der Waals surface area contributed by atoms with E-state index >= 15 is 0 Å². The Morgan fingerprint density at radius 2 is 2.23 bits per heavy atom. The molecule has 0 spiro atoms. The number of nitrogens with one attached hydrogen (secondary N) is 1. The maximum atomic E-state index is 12.1. The summed E-state index contributed by atoms with van der Waals surface area (Å²) in [4.78, 5) is 24.9. The van der Waals surface area contributed by atoms with Crippen molar-refractivity contribution in [2.24, 2.45) is 5.92 Å². The molecule has 1 aliphatic heterocycles. The zero-order valence-electron chi connectivity index (χ0n) is 12.7. The van der Waals surface area contributed by atoms with Gasteiger partial charge in [0.15, 0.2) is 0 Å². The van der Waals surface area contributed by atoms with Crippen molar-refractivity contribution in [2.45, 2.75) is 19.8 Å². The number of piperidine rings is 1. The lowest BCUT2D eigenvalue weighted by Crippen LogP contribution is -2.41. The molecule has 0 bridgehead atoms. The highest BCUT2D eigenvalue weighted by Crippen LogP contribution is 2.20. The van der Waals surface area contributed by atoms with E-state index in [4.69, 9.17) is 0 Å². The summed E-state index contributed by atoms with van der Waals surface area (Å²) in [6.45, 7) is 4.60. The zero-order valence-corrected chi connectivity index (χ0v) is 13.5. The van der Waals surface area contributed by atoms with Crippen molar-refractivity contribution in [3.05, 3.63) is 40.3 Å². The molecule has 0 aromatic carbocycles. The molecule has 1 unspecified atom stereocenters. The van der Waals surface area contributed by atoms with E-state index in [1.54, 1.807) is 12.4 Å². The van der Waals surface area contributed by atoms with Crippen LogP contribution in [0.25, 0.3) is 0 Å². The number of carbonyl (C=O) groups is 1. The number of aryl methyl sites for hydroxylation is 1. The van der Waals surface area contributed by atoms with Gasteiger partial charge in [0.2, 0.25) is 5.95 Å². The van der Waals surface area contributed by atoms with Crippen LogP contribution in [0.4, 0.5) is 5.95 Å². The van der Waals surface area contributed by atoms with Gasteiger partial charge in [0.1, 0.15) is 0 Å². The van der Waals surface area contributed by atoms with Gasteiger partial charge in [-0.1, -0.05) is 0 Å². The van der Waals surface area contributed by atoms with Crippen LogP contribution < -0.4 is 10.2 Å². The number of rotatable bonds is 4. The smallest absolute Gasteiger partial charge is 0.261 e. The van der Waals surface area contributed by atoms with Gasteiger partial charge in [-0.05, 0) is 43.9 Å². The second-order valence-electron chi connectivity index (χ2n) is 5.62. The first-order chi connectivity index (χ1) is 10.7. The van der Waals surface area contributed by atoms with Gasteiger partial charge in [-0.3, -0.25) is 4.79 Å². The van der Waals surface area contributed by atoms with E-state index in [1.807, 2.05) is 25.1 Å². The van der Waals surface area contributed by atoms with Crippen molar-refractivity contribution in [3.63, 3.8) is 0 Å². The standard InChI is InChI=1S/C16H20N4OS/c1-12-5-6-14(22-12)15(21)19-10-13-4-2-9-20(11-13)16-17-7-3-8-18-16/h3,5-8,13H,2,4,9-11H2,1H3,(H,19,21). The van der Waals surface area contributed by atoms with Crippen LogP contribution in [0.3, 0.4) is 0 Å². The van der Waals surface area contributed by atoms with Crippen LogP contribution in [0.5, 0.6) is 0 Å². The molecule has 22 heavy (non-hydrogen) atoms. The Kier molecular flexibility index (Phi) is 4.68. The first-order valence-corrected chi connectivity index (χ1v) is 8.40. The van der Waals surface area contributed by atoms with E-state index in [-0.39, 0.29) is 5.91 Å². The van der Waals surface area contributed by atoms with E-state index in [2.05, 4.69) is 20.2 Å². The Labute approximate surface area is 134 Å². The molecule has 0 aliphatic carbocycles. The van der Waals surface area contributed by atoms with Crippen LogP contribution in [0.1, 0.15) is 27.4 Å². The lowest BCUT2D eigenvalue weighted by atomic mass is 9.98. The van der Waals surface area contributed by atoms with Gasteiger partial charge < -0.3 is 10.2 Å². The summed E-state index contributed by atoms with van der Waals surface area (Å²) in [7, 11) is 0. The lowest BCUT2D eigenvalue weighted by molar-refractivity contribution is 0.0949. The summed E-state index contributed by atoms with van der Waals surface area (Å²) >= 11 is 1.54. The molecule has 1 N–H and O–H groups in total. The van der Waals surface area contributed by atoms with Crippen molar-refractivity contribution in [2.75, 3.05) is 24.5 Å². The Balaban J connectivity index is 1.53. The second kappa shape index (κ2) is 6.87. The molecular weight excluding hydrogens is 296 g/mol. The fraction of sp³-hybridized carbons (Fsp3) is 0.438. The van der Waals surface area contributed by atoms with E-state index in [9.17, 15) is 4.79 Å². The van der Waals surface area contributed by atoms with E-state index < -0.39 is 0 Å². The molecule has 2 aromatic rings. The number of carbonyl (C=O) groups excluding carboxylic acids is 1. The molecule has 1 aliphatic rings. The van der Waals surface area contributed by atoms with Crippen molar-refractivity contribution < 1.29 is 4.79 Å². The fourth-order valence-corrected chi connectivity index (χ4v) is 3.53. The van der Waals surface area contributed by atoms with Gasteiger partial charge in [-0.25, -0.2) is 9.97 Å². The fourth-order valence-electron chi connectivity index (χ4n) is 2.75. The molecule has 0 radical (unpaired) electrons. The minimum Gasteiger partial charge on any atom is -0.351 e. The zero-order chi connectivity index (χ0) is 15.4. The average Bonchev–Trinajstić information content (AvgIpc) is 3.00. The third kappa shape index (κ3) is 3.62. The molecular formula is C16H20N4OS. The van der Waals surface area contributed by atoms with Gasteiger partial charge >= 0.3 is 0 Å². The van der Waals surface area contributed by atoms with Crippen LogP contribution in [0.15, 0.2) is 30.6 Å². The highest BCUT2D eigenvalue weighted by Gasteiger charge is 2.22. The summed E-state index contributed by atoms with van der Waals surface area (Å²) in [5, 5.41) is 3.06. The summed E-state index contributed by atoms with van der Waals surface area (Å²) in [5.41, 5.74) is 0. The quantitative estimate of drug-likeness (QED) is 0.941. The minimum absolute atomic E-state index is 0.0335. The largest absolute Gasteiger partial charge is 0.351 e. The highest BCUT2D eigenvalue weighted by molar-refractivity contribution is 7.13. The van der Waals surface area contributed by atoms with E-state index in [1.165, 1.54) is 11.3 Å². The Bertz CT molecular complexity index is 628. The van der Waals surface area contributed by atoms with Gasteiger partial charge in [-0.2, -0.15) is 0 Å². The monoisotopic (exact) mass is 316 g/mol. The van der Waals surface area contributed by atoms with Crippen LogP contribution in [-0.4, -0.2) is 35.5 Å². The summed E-state index contributed by atoms with van der Waals surface area (Å²) in [6, 6.07) is 5.70. The number of amides is 1. The third-order valence-electron chi connectivity index (χ3n) is 3.87. The maximum Gasteiger partial charge on any atom is 0.261 e. The van der Waals surface area contributed by atoms with Crippen LogP contribution >= 0.6 is 11.3 Å². The molecule has 0 saturated carbocycles. The number of hydrogen-bond acceptors (Lipinski definition) is 5.